The monoisotopic (exact) mass is 491 g/mol. The van der Waals surface area contributed by atoms with Gasteiger partial charge in [-0.3, -0.25) is 4.79 Å². The van der Waals surface area contributed by atoms with Gasteiger partial charge in [-0.2, -0.15) is 4.98 Å². The van der Waals surface area contributed by atoms with E-state index in [4.69, 9.17) is 21.1 Å². The zero-order valence-electron chi connectivity index (χ0n) is 16.9. The van der Waals surface area contributed by atoms with Crippen LogP contribution in [0.15, 0.2) is 30.5 Å². The molecule has 1 aliphatic rings. The fraction of sp³-hybridized carbons (Fsp3) is 0.238. The Morgan fingerprint density at radius 2 is 2.00 bits per heavy atom. The van der Waals surface area contributed by atoms with Crippen molar-refractivity contribution >= 4 is 55.5 Å². The van der Waals surface area contributed by atoms with E-state index in [2.05, 4.69) is 25.6 Å². The summed E-state index contributed by atoms with van der Waals surface area (Å²) in [5.41, 5.74) is 1.81. The first kappa shape index (κ1) is 21.7. The fourth-order valence-electron chi connectivity index (χ4n) is 3.53. The smallest absolute Gasteiger partial charge is 0.263 e. The van der Waals surface area contributed by atoms with Crippen molar-refractivity contribution in [3.63, 3.8) is 0 Å². The van der Waals surface area contributed by atoms with Gasteiger partial charge in [0.1, 0.15) is 11.5 Å². The normalized spacial score (nSPS) is 13.6. The molecular weight excluding hydrogens is 476 g/mol. The number of aromatic nitrogens is 3. The van der Waals surface area contributed by atoms with E-state index in [0.717, 1.165) is 21.2 Å². The molecule has 2 N–H and O–H groups in total. The second-order valence-electron chi connectivity index (χ2n) is 7.12. The Labute approximate surface area is 194 Å². The van der Waals surface area contributed by atoms with Crippen molar-refractivity contribution in [3.05, 3.63) is 46.2 Å². The van der Waals surface area contributed by atoms with E-state index in [1.807, 2.05) is 18.2 Å². The molecule has 8 nitrogen and oxygen atoms in total. The Kier molecular flexibility index (Phi) is 5.92. The number of ether oxygens (including phenoxy) is 2. The van der Waals surface area contributed by atoms with Crippen LogP contribution in [0, 0.1) is 0 Å². The molecule has 0 radical (unpaired) electrons. The Balaban J connectivity index is 1.50. The van der Waals surface area contributed by atoms with E-state index < -0.39 is 13.0 Å². The third kappa shape index (κ3) is 4.39. The van der Waals surface area contributed by atoms with Gasteiger partial charge in [-0.15, -0.1) is 11.3 Å². The number of benzene rings is 1. The topological polar surface area (TPSA) is 98.3 Å². The predicted octanol–water partition coefficient (Wildman–Crippen LogP) is 4.62. The summed E-state index contributed by atoms with van der Waals surface area (Å²) in [5, 5.41) is 7.94. The summed E-state index contributed by atoms with van der Waals surface area (Å²) in [5.74, 6) is 0.207. The first-order valence-corrected chi connectivity index (χ1v) is 11.1. The highest BCUT2D eigenvalue weighted by molar-refractivity contribution is 7.21. The van der Waals surface area contributed by atoms with Crippen LogP contribution in [0.3, 0.4) is 0 Å². The quantitative estimate of drug-likeness (QED) is 0.380. The standard InChI is InChI=1S/C21H16ClF2N5O3S/c22-21-27-7-10(8-31-9-14(23)24)20(29-21)32-15-4-1-11-12(28-15)2-3-13-16(11)17-18(33-13)19(30)26-6-5-25-17/h1-4,7,14,25H,5-6,8-9H2,(H,26,30). The van der Waals surface area contributed by atoms with Gasteiger partial charge in [0.15, 0.2) is 0 Å². The van der Waals surface area contributed by atoms with Crippen LogP contribution in [-0.4, -0.2) is 47.0 Å². The lowest BCUT2D eigenvalue weighted by molar-refractivity contribution is 0.00917. The zero-order chi connectivity index (χ0) is 22.9. The van der Waals surface area contributed by atoms with Crippen molar-refractivity contribution < 1.29 is 23.0 Å². The van der Waals surface area contributed by atoms with Crippen LogP contribution in [0.4, 0.5) is 14.5 Å². The van der Waals surface area contributed by atoms with Crippen LogP contribution in [0.2, 0.25) is 5.28 Å². The van der Waals surface area contributed by atoms with Crippen LogP contribution < -0.4 is 15.4 Å². The molecule has 4 heterocycles. The van der Waals surface area contributed by atoms with Crippen LogP contribution >= 0.6 is 22.9 Å². The first-order valence-electron chi connectivity index (χ1n) is 9.93. The number of carbonyl (C=O) groups is 1. The fourth-order valence-corrected chi connectivity index (χ4v) is 4.76. The number of rotatable bonds is 6. The second kappa shape index (κ2) is 9.00. The van der Waals surface area contributed by atoms with E-state index in [-0.39, 0.29) is 29.6 Å². The average Bonchev–Trinajstić information content (AvgIpc) is 3.07. The van der Waals surface area contributed by atoms with Gasteiger partial charge in [0, 0.05) is 40.8 Å². The lowest BCUT2D eigenvalue weighted by atomic mass is 10.1. The minimum atomic E-state index is -2.59. The van der Waals surface area contributed by atoms with Crippen molar-refractivity contribution in [1.82, 2.24) is 20.3 Å². The van der Waals surface area contributed by atoms with Gasteiger partial charge < -0.3 is 20.1 Å². The van der Waals surface area contributed by atoms with Gasteiger partial charge in [-0.05, 0) is 29.8 Å². The number of nitrogens with zero attached hydrogens (tertiary/aromatic N) is 3. The average molecular weight is 492 g/mol. The molecule has 4 aromatic rings. The number of halogens is 3. The summed E-state index contributed by atoms with van der Waals surface area (Å²) in [6, 6.07) is 7.28. The van der Waals surface area contributed by atoms with Crippen molar-refractivity contribution in [2.45, 2.75) is 13.0 Å². The van der Waals surface area contributed by atoms with Gasteiger partial charge in [0.05, 0.1) is 23.4 Å². The molecule has 170 valence electrons. The van der Waals surface area contributed by atoms with Crippen LogP contribution in [-0.2, 0) is 11.3 Å². The van der Waals surface area contributed by atoms with Crippen molar-refractivity contribution in [2.75, 3.05) is 25.0 Å². The maximum absolute atomic E-state index is 12.4. The molecule has 0 saturated heterocycles. The Morgan fingerprint density at radius 1 is 1.15 bits per heavy atom. The molecule has 3 aromatic heterocycles. The van der Waals surface area contributed by atoms with Gasteiger partial charge in [0.2, 0.25) is 17.0 Å². The van der Waals surface area contributed by atoms with E-state index in [0.29, 0.717) is 29.0 Å². The minimum absolute atomic E-state index is 0.0598. The largest absolute Gasteiger partial charge is 0.420 e. The highest BCUT2D eigenvalue weighted by Gasteiger charge is 2.22. The maximum atomic E-state index is 12.4. The highest BCUT2D eigenvalue weighted by atomic mass is 35.5. The molecule has 0 spiro atoms. The van der Waals surface area contributed by atoms with E-state index >= 15 is 0 Å². The summed E-state index contributed by atoms with van der Waals surface area (Å²) in [6.45, 7) is 0.289. The molecule has 0 unspecified atom stereocenters. The number of hydrogen-bond donors (Lipinski definition) is 2. The molecule has 0 aliphatic carbocycles. The highest BCUT2D eigenvalue weighted by Crippen LogP contribution is 2.41. The molecule has 0 bridgehead atoms. The van der Waals surface area contributed by atoms with Crippen molar-refractivity contribution in [1.29, 1.82) is 0 Å². The molecule has 1 aromatic carbocycles. The van der Waals surface area contributed by atoms with Gasteiger partial charge in [0.25, 0.3) is 12.3 Å². The van der Waals surface area contributed by atoms with E-state index in [1.165, 1.54) is 17.5 Å². The first-order chi connectivity index (χ1) is 16.0. The summed E-state index contributed by atoms with van der Waals surface area (Å²) < 4.78 is 36.5. The number of fused-ring (bicyclic) bond motifs is 5. The van der Waals surface area contributed by atoms with Crippen LogP contribution in [0.1, 0.15) is 15.2 Å². The van der Waals surface area contributed by atoms with E-state index in [1.54, 1.807) is 6.07 Å². The molecule has 5 rings (SSSR count). The van der Waals surface area contributed by atoms with Crippen molar-refractivity contribution in [3.8, 4) is 11.8 Å². The van der Waals surface area contributed by atoms with Crippen LogP contribution in [0.5, 0.6) is 11.8 Å². The lowest BCUT2D eigenvalue weighted by Gasteiger charge is -2.11. The second-order valence-corrected chi connectivity index (χ2v) is 8.51. The molecule has 1 amide bonds. The number of pyridine rings is 1. The summed E-state index contributed by atoms with van der Waals surface area (Å²) in [6.07, 6.45) is -1.23. The number of amides is 1. The Bertz CT molecular complexity index is 1370. The Morgan fingerprint density at radius 3 is 2.85 bits per heavy atom. The van der Waals surface area contributed by atoms with Gasteiger partial charge >= 0.3 is 0 Å². The van der Waals surface area contributed by atoms with Crippen molar-refractivity contribution in [2.24, 2.45) is 0 Å². The molecule has 0 atom stereocenters. The number of hydrogen-bond acceptors (Lipinski definition) is 8. The molecular formula is C21H16ClF2N5O3S. The number of carbonyl (C=O) groups excluding carboxylic acids is 1. The third-order valence-corrected chi connectivity index (χ3v) is 6.25. The molecule has 33 heavy (non-hydrogen) atoms. The zero-order valence-corrected chi connectivity index (χ0v) is 18.5. The van der Waals surface area contributed by atoms with E-state index in [9.17, 15) is 13.6 Å². The number of thiophene rings is 1. The minimum Gasteiger partial charge on any atom is -0.420 e. The number of nitrogens with one attached hydrogen (secondary N) is 2. The van der Waals surface area contributed by atoms with Gasteiger partial charge in [-0.1, -0.05) is 0 Å². The number of alkyl halides is 2. The summed E-state index contributed by atoms with van der Waals surface area (Å²) in [4.78, 5) is 25.5. The SMILES string of the molecule is O=C1NCCNc2c1sc1ccc3nc(Oc4nc(Cl)ncc4COCC(F)F)ccc3c21. The number of anilines is 1. The third-order valence-electron chi connectivity index (χ3n) is 4.91. The summed E-state index contributed by atoms with van der Waals surface area (Å²) >= 11 is 7.31. The lowest BCUT2D eigenvalue weighted by Crippen LogP contribution is -2.24. The molecule has 12 heteroatoms. The van der Waals surface area contributed by atoms with Gasteiger partial charge in [-0.25, -0.2) is 18.7 Å². The van der Waals surface area contributed by atoms with Crippen LogP contribution in [0.25, 0.3) is 21.0 Å². The maximum Gasteiger partial charge on any atom is 0.263 e. The molecule has 1 aliphatic heterocycles. The summed E-state index contributed by atoms with van der Waals surface area (Å²) in [7, 11) is 0. The molecule has 0 fully saturated rings. The Hall–Kier alpha value is -3.15. The molecule has 0 saturated carbocycles. The predicted molar refractivity (Wildman–Crippen MR) is 121 cm³/mol.